The molecular formula is C20H32N2O2. The molecule has 0 aromatic heterocycles. The lowest BCUT2D eigenvalue weighted by atomic mass is 9.71. The van der Waals surface area contributed by atoms with Crippen molar-refractivity contribution in [3.63, 3.8) is 0 Å². The second-order valence-electron chi connectivity index (χ2n) is 9.09. The van der Waals surface area contributed by atoms with Gasteiger partial charge in [-0.25, -0.2) is 0 Å². The summed E-state index contributed by atoms with van der Waals surface area (Å²) < 4.78 is 0. The molecule has 2 saturated heterocycles. The SMILES string of the molecule is CC(C)(O)C(O)CN1CC2(C)CN(Cc3ccccc3)CC2(C)C1. The Labute approximate surface area is 146 Å². The zero-order valence-corrected chi connectivity index (χ0v) is 15.5. The van der Waals surface area contributed by atoms with Crippen molar-refractivity contribution in [1.82, 2.24) is 9.80 Å². The van der Waals surface area contributed by atoms with E-state index in [1.807, 2.05) is 0 Å². The number of benzene rings is 1. The van der Waals surface area contributed by atoms with Gasteiger partial charge in [-0.15, -0.1) is 0 Å². The van der Waals surface area contributed by atoms with Gasteiger partial charge in [-0.3, -0.25) is 9.80 Å². The Morgan fingerprint density at radius 1 is 1.00 bits per heavy atom. The highest BCUT2D eigenvalue weighted by Crippen LogP contribution is 2.51. The van der Waals surface area contributed by atoms with E-state index < -0.39 is 11.7 Å². The fraction of sp³-hybridized carbons (Fsp3) is 0.700. The van der Waals surface area contributed by atoms with E-state index in [9.17, 15) is 10.2 Å². The number of hydrogen-bond acceptors (Lipinski definition) is 4. The van der Waals surface area contributed by atoms with E-state index in [1.165, 1.54) is 5.56 Å². The molecule has 1 aromatic carbocycles. The predicted octanol–water partition coefficient (Wildman–Crippen LogP) is 1.96. The van der Waals surface area contributed by atoms with Gasteiger partial charge in [-0.2, -0.15) is 0 Å². The highest BCUT2D eigenvalue weighted by molar-refractivity contribution is 5.17. The van der Waals surface area contributed by atoms with Crippen LogP contribution in [0.5, 0.6) is 0 Å². The Bertz CT molecular complexity index is 551. The van der Waals surface area contributed by atoms with Crippen LogP contribution in [0.3, 0.4) is 0 Å². The highest BCUT2D eigenvalue weighted by Gasteiger charge is 2.57. The lowest BCUT2D eigenvalue weighted by Gasteiger charge is -2.31. The van der Waals surface area contributed by atoms with Gasteiger partial charge in [0.15, 0.2) is 0 Å². The third-order valence-electron chi connectivity index (χ3n) is 6.24. The molecule has 3 rings (SSSR count). The fourth-order valence-electron chi connectivity index (χ4n) is 4.50. The van der Waals surface area contributed by atoms with Gasteiger partial charge in [0, 0.05) is 50.1 Å². The van der Waals surface area contributed by atoms with Crippen LogP contribution in [0.15, 0.2) is 30.3 Å². The zero-order valence-electron chi connectivity index (χ0n) is 15.5. The lowest BCUT2D eigenvalue weighted by molar-refractivity contribution is -0.0610. The van der Waals surface area contributed by atoms with Gasteiger partial charge in [0.1, 0.15) is 0 Å². The van der Waals surface area contributed by atoms with Crippen molar-refractivity contribution >= 4 is 0 Å². The van der Waals surface area contributed by atoms with Crippen molar-refractivity contribution in [2.75, 3.05) is 32.7 Å². The van der Waals surface area contributed by atoms with Crippen LogP contribution in [0.4, 0.5) is 0 Å². The maximum absolute atomic E-state index is 10.2. The summed E-state index contributed by atoms with van der Waals surface area (Å²) in [5.41, 5.74) is 0.806. The third-order valence-corrected chi connectivity index (χ3v) is 6.24. The number of aliphatic hydroxyl groups excluding tert-OH is 1. The van der Waals surface area contributed by atoms with Crippen LogP contribution in [0.1, 0.15) is 33.3 Å². The molecule has 2 N–H and O–H groups in total. The summed E-state index contributed by atoms with van der Waals surface area (Å²) in [4.78, 5) is 4.90. The first-order chi connectivity index (χ1) is 11.1. The molecule has 4 heteroatoms. The van der Waals surface area contributed by atoms with Gasteiger partial charge < -0.3 is 10.2 Å². The van der Waals surface area contributed by atoms with E-state index in [2.05, 4.69) is 54.0 Å². The fourth-order valence-corrected chi connectivity index (χ4v) is 4.50. The Balaban J connectivity index is 1.63. The number of fused-ring (bicyclic) bond motifs is 1. The standard InChI is InChI=1S/C20H32N2O2/c1-18(2,24)17(23)11-22-14-19(3)12-21(13-20(19,4)15-22)10-16-8-6-5-7-9-16/h5-9,17,23-24H,10-15H2,1-4H3. The summed E-state index contributed by atoms with van der Waals surface area (Å²) in [6, 6.07) is 10.7. The second-order valence-corrected chi connectivity index (χ2v) is 9.09. The molecule has 0 amide bonds. The monoisotopic (exact) mass is 332 g/mol. The van der Waals surface area contributed by atoms with Crippen molar-refractivity contribution in [3.05, 3.63) is 35.9 Å². The topological polar surface area (TPSA) is 46.9 Å². The van der Waals surface area contributed by atoms with Crippen molar-refractivity contribution in [3.8, 4) is 0 Å². The zero-order chi connectivity index (χ0) is 17.6. The molecular weight excluding hydrogens is 300 g/mol. The second kappa shape index (κ2) is 6.10. The molecule has 2 heterocycles. The Morgan fingerprint density at radius 2 is 1.50 bits per heavy atom. The molecule has 24 heavy (non-hydrogen) atoms. The number of hydrogen-bond donors (Lipinski definition) is 2. The summed E-state index contributed by atoms with van der Waals surface area (Å²) in [5.74, 6) is 0. The van der Waals surface area contributed by atoms with Crippen LogP contribution < -0.4 is 0 Å². The maximum Gasteiger partial charge on any atom is 0.0948 e. The minimum Gasteiger partial charge on any atom is -0.389 e. The number of β-amino-alcohol motifs (C(OH)–C–C–N with tert-alkyl or cyclic N) is 1. The molecule has 0 spiro atoms. The van der Waals surface area contributed by atoms with Crippen molar-refractivity contribution in [2.24, 2.45) is 10.8 Å². The van der Waals surface area contributed by atoms with Gasteiger partial charge in [0.05, 0.1) is 11.7 Å². The molecule has 4 nitrogen and oxygen atoms in total. The van der Waals surface area contributed by atoms with Gasteiger partial charge in [-0.05, 0) is 19.4 Å². The van der Waals surface area contributed by atoms with Crippen LogP contribution in [0.2, 0.25) is 0 Å². The summed E-state index contributed by atoms with van der Waals surface area (Å²) in [7, 11) is 0. The first-order valence-corrected chi connectivity index (χ1v) is 9.00. The lowest BCUT2D eigenvalue weighted by Crippen LogP contribution is -2.45. The smallest absolute Gasteiger partial charge is 0.0948 e. The molecule has 3 atom stereocenters. The minimum absolute atomic E-state index is 0.237. The molecule has 1 aromatic rings. The molecule has 134 valence electrons. The quantitative estimate of drug-likeness (QED) is 0.865. The van der Waals surface area contributed by atoms with Gasteiger partial charge in [0.25, 0.3) is 0 Å². The molecule has 3 unspecified atom stereocenters. The highest BCUT2D eigenvalue weighted by atomic mass is 16.3. The summed E-state index contributed by atoms with van der Waals surface area (Å²) in [6.07, 6.45) is -0.705. The Morgan fingerprint density at radius 3 is 2.00 bits per heavy atom. The van der Waals surface area contributed by atoms with Gasteiger partial charge >= 0.3 is 0 Å². The summed E-state index contributed by atoms with van der Waals surface area (Å²) in [6.45, 7) is 13.8. The molecule has 0 aliphatic carbocycles. The third kappa shape index (κ3) is 3.38. The minimum atomic E-state index is -1.04. The first kappa shape index (κ1) is 17.9. The van der Waals surface area contributed by atoms with E-state index in [4.69, 9.17) is 0 Å². The Kier molecular flexibility index (Phi) is 4.54. The van der Waals surface area contributed by atoms with Crippen LogP contribution in [-0.4, -0.2) is 64.4 Å². The largest absolute Gasteiger partial charge is 0.389 e. The molecule has 2 aliphatic rings. The molecule has 2 fully saturated rings. The first-order valence-electron chi connectivity index (χ1n) is 9.00. The average molecular weight is 332 g/mol. The van der Waals surface area contributed by atoms with E-state index in [0.29, 0.717) is 6.54 Å². The number of nitrogens with zero attached hydrogens (tertiary/aromatic N) is 2. The number of likely N-dealkylation sites (tertiary alicyclic amines) is 2. The van der Waals surface area contributed by atoms with Crippen molar-refractivity contribution < 1.29 is 10.2 Å². The molecule has 0 radical (unpaired) electrons. The van der Waals surface area contributed by atoms with E-state index in [-0.39, 0.29) is 10.8 Å². The van der Waals surface area contributed by atoms with Crippen LogP contribution >= 0.6 is 0 Å². The molecule has 2 aliphatic heterocycles. The van der Waals surface area contributed by atoms with Crippen molar-refractivity contribution in [2.45, 2.75) is 45.9 Å². The molecule has 0 saturated carbocycles. The number of rotatable bonds is 5. The predicted molar refractivity (Wildman–Crippen MR) is 96.7 cm³/mol. The summed E-state index contributed by atoms with van der Waals surface area (Å²) >= 11 is 0. The molecule has 0 bridgehead atoms. The van der Waals surface area contributed by atoms with E-state index in [1.54, 1.807) is 13.8 Å². The van der Waals surface area contributed by atoms with Gasteiger partial charge in [-0.1, -0.05) is 44.2 Å². The van der Waals surface area contributed by atoms with Crippen LogP contribution in [0.25, 0.3) is 0 Å². The maximum atomic E-state index is 10.2. The number of aliphatic hydroxyl groups is 2. The normalized spacial score (nSPS) is 32.9. The van der Waals surface area contributed by atoms with E-state index >= 15 is 0 Å². The van der Waals surface area contributed by atoms with Crippen molar-refractivity contribution in [1.29, 1.82) is 0 Å². The van der Waals surface area contributed by atoms with Gasteiger partial charge in [0.2, 0.25) is 0 Å². The average Bonchev–Trinajstić information content (AvgIpc) is 2.82. The van der Waals surface area contributed by atoms with E-state index in [0.717, 1.165) is 32.7 Å². The van der Waals surface area contributed by atoms with Crippen LogP contribution in [-0.2, 0) is 6.54 Å². The van der Waals surface area contributed by atoms with Crippen LogP contribution in [0, 0.1) is 10.8 Å². The summed E-state index contributed by atoms with van der Waals surface area (Å²) in [5, 5.41) is 20.2. The Hall–Kier alpha value is -0.940.